The van der Waals surface area contributed by atoms with Gasteiger partial charge in [-0.25, -0.2) is 0 Å². The topological polar surface area (TPSA) is 41.1 Å². The van der Waals surface area contributed by atoms with E-state index in [2.05, 4.69) is 17.6 Å². The monoisotopic (exact) mass is 246 g/mol. The summed E-state index contributed by atoms with van der Waals surface area (Å²) < 4.78 is 0. The van der Waals surface area contributed by atoms with Gasteiger partial charge in [-0.3, -0.25) is 4.79 Å². The fourth-order valence-corrected chi connectivity index (χ4v) is 2.57. The van der Waals surface area contributed by atoms with Crippen molar-refractivity contribution in [1.82, 2.24) is 5.32 Å². The van der Waals surface area contributed by atoms with Gasteiger partial charge in [-0.15, -0.1) is 0 Å². The molecule has 2 rings (SSSR count). The average Bonchev–Trinajstić information content (AvgIpc) is 2.33. The van der Waals surface area contributed by atoms with Crippen LogP contribution in [0.25, 0.3) is 0 Å². The van der Waals surface area contributed by atoms with Gasteiger partial charge in [-0.05, 0) is 56.4 Å². The summed E-state index contributed by atoms with van der Waals surface area (Å²) in [6, 6.07) is 5.79. The van der Waals surface area contributed by atoms with Crippen molar-refractivity contribution in [3.63, 3.8) is 0 Å². The maximum absolute atomic E-state index is 12.2. The molecule has 0 saturated heterocycles. The number of aryl methyl sites for hydroxylation is 1. The molecule has 0 aliphatic heterocycles. The molecule has 1 fully saturated rings. The van der Waals surface area contributed by atoms with E-state index in [1.807, 2.05) is 32.2 Å². The average molecular weight is 246 g/mol. The highest BCUT2D eigenvalue weighted by atomic mass is 16.1. The molecule has 1 amide bonds. The first-order valence-electron chi connectivity index (χ1n) is 6.71. The first-order valence-corrected chi connectivity index (χ1v) is 6.71. The number of carbonyl (C=O) groups is 1. The Morgan fingerprint density at radius 2 is 2.11 bits per heavy atom. The number of benzene rings is 1. The van der Waals surface area contributed by atoms with Crippen LogP contribution in [-0.4, -0.2) is 18.5 Å². The van der Waals surface area contributed by atoms with Crippen molar-refractivity contribution in [3.8, 4) is 0 Å². The number of hydrogen-bond acceptors (Lipinski definition) is 2. The highest BCUT2D eigenvalue weighted by Crippen LogP contribution is 2.34. The number of anilines is 1. The van der Waals surface area contributed by atoms with Crippen molar-refractivity contribution in [3.05, 3.63) is 29.3 Å². The largest absolute Gasteiger partial charge is 0.388 e. The maximum Gasteiger partial charge on any atom is 0.251 e. The second kappa shape index (κ2) is 5.01. The van der Waals surface area contributed by atoms with Crippen LogP contribution in [0.4, 0.5) is 5.69 Å². The molecule has 3 nitrogen and oxygen atoms in total. The fourth-order valence-electron chi connectivity index (χ4n) is 2.57. The van der Waals surface area contributed by atoms with Gasteiger partial charge in [0.2, 0.25) is 0 Å². The zero-order chi connectivity index (χ0) is 13.2. The Kier molecular flexibility index (Phi) is 3.60. The van der Waals surface area contributed by atoms with E-state index in [1.165, 1.54) is 6.42 Å². The Labute approximate surface area is 109 Å². The predicted molar refractivity (Wildman–Crippen MR) is 75.1 cm³/mol. The Balaban J connectivity index is 2.11. The smallest absolute Gasteiger partial charge is 0.251 e. The first-order chi connectivity index (χ1) is 8.60. The highest BCUT2D eigenvalue weighted by Gasteiger charge is 2.36. The van der Waals surface area contributed by atoms with E-state index in [0.29, 0.717) is 0 Å². The van der Waals surface area contributed by atoms with Crippen LogP contribution in [0.2, 0.25) is 0 Å². The lowest BCUT2D eigenvalue weighted by atomic mass is 9.74. The Morgan fingerprint density at radius 3 is 2.56 bits per heavy atom. The van der Waals surface area contributed by atoms with E-state index >= 15 is 0 Å². The SMILES string of the molecule is CCC1(NC(=O)c2ccc(NC)c(C)c2)CCC1. The number of rotatable bonds is 4. The van der Waals surface area contributed by atoms with Crippen LogP contribution in [0.5, 0.6) is 0 Å². The summed E-state index contributed by atoms with van der Waals surface area (Å²) in [4.78, 5) is 12.2. The summed E-state index contributed by atoms with van der Waals surface area (Å²) in [5.74, 6) is 0.0577. The molecule has 1 saturated carbocycles. The summed E-state index contributed by atoms with van der Waals surface area (Å²) >= 11 is 0. The van der Waals surface area contributed by atoms with E-state index < -0.39 is 0 Å². The third-order valence-electron chi connectivity index (χ3n) is 4.12. The summed E-state index contributed by atoms with van der Waals surface area (Å²) in [6.45, 7) is 4.16. The number of amides is 1. The molecule has 0 heterocycles. The van der Waals surface area contributed by atoms with Gasteiger partial charge in [0.25, 0.3) is 5.91 Å². The van der Waals surface area contributed by atoms with Crippen molar-refractivity contribution < 1.29 is 4.79 Å². The molecule has 0 bridgehead atoms. The quantitative estimate of drug-likeness (QED) is 0.857. The minimum absolute atomic E-state index is 0.0577. The number of carbonyl (C=O) groups excluding carboxylic acids is 1. The zero-order valence-electron chi connectivity index (χ0n) is 11.5. The Morgan fingerprint density at radius 1 is 1.39 bits per heavy atom. The molecule has 1 aromatic carbocycles. The molecule has 1 aliphatic rings. The summed E-state index contributed by atoms with van der Waals surface area (Å²) in [5.41, 5.74) is 2.99. The minimum atomic E-state index is 0.0577. The van der Waals surface area contributed by atoms with Crippen LogP contribution in [-0.2, 0) is 0 Å². The van der Waals surface area contributed by atoms with Gasteiger partial charge in [-0.2, -0.15) is 0 Å². The van der Waals surface area contributed by atoms with Crippen LogP contribution < -0.4 is 10.6 Å². The molecule has 0 atom stereocenters. The van der Waals surface area contributed by atoms with Crippen molar-refractivity contribution in [2.75, 3.05) is 12.4 Å². The molecule has 1 aromatic rings. The fraction of sp³-hybridized carbons (Fsp3) is 0.533. The lowest BCUT2D eigenvalue weighted by Crippen LogP contribution is -2.52. The van der Waals surface area contributed by atoms with Crippen molar-refractivity contribution in [2.24, 2.45) is 0 Å². The van der Waals surface area contributed by atoms with Gasteiger partial charge in [0.05, 0.1) is 0 Å². The molecule has 2 N–H and O–H groups in total. The normalized spacial score (nSPS) is 16.8. The molecule has 98 valence electrons. The van der Waals surface area contributed by atoms with Gasteiger partial charge in [0.15, 0.2) is 0 Å². The van der Waals surface area contributed by atoms with E-state index in [4.69, 9.17) is 0 Å². The summed E-state index contributed by atoms with van der Waals surface area (Å²) in [7, 11) is 1.89. The van der Waals surface area contributed by atoms with E-state index in [0.717, 1.165) is 36.1 Å². The zero-order valence-corrected chi connectivity index (χ0v) is 11.5. The van der Waals surface area contributed by atoms with E-state index in [-0.39, 0.29) is 11.4 Å². The van der Waals surface area contributed by atoms with Gasteiger partial charge in [-0.1, -0.05) is 6.92 Å². The molecule has 0 radical (unpaired) electrons. The van der Waals surface area contributed by atoms with Crippen molar-refractivity contribution >= 4 is 11.6 Å². The van der Waals surface area contributed by atoms with Gasteiger partial charge in [0.1, 0.15) is 0 Å². The molecule has 1 aliphatic carbocycles. The van der Waals surface area contributed by atoms with Crippen LogP contribution in [0.1, 0.15) is 48.5 Å². The third-order valence-corrected chi connectivity index (χ3v) is 4.12. The predicted octanol–water partition coefficient (Wildman–Crippen LogP) is 3.10. The molecule has 18 heavy (non-hydrogen) atoms. The second-order valence-corrected chi connectivity index (χ2v) is 5.22. The van der Waals surface area contributed by atoms with Crippen LogP contribution in [0.3, 0.4) is 0 Å². The first kappa shape index (κ1) is 12.9. The number of hydrogen-bond donors (Lipinski definition) is 2. The van der Waals surface area contributed by atoms with Crippen LogP contribution in [0, 0.1) is 6.92 Å². The Hall–Kier alpha value is -1.51. The second-order valence-electron chi connectivity index (χ2n) is 5.22. The van der Waals surface area contributed by atoms with Crippen molar-refractivity contribution in [1.29, 1.82) is 0 Å². The number of nitrogens with one attached hydrogen (secondary N) is 2. The lowest BCUT2D eigenvalue weighted by molar-refractivity contribution is 0.0820. The molecule has 3 heteroatoms. The van der Waals surface area contributed by atoms with Gasteiger partial charge in [0, 0.05) is 23.8 Å². The standard InChI is InChI=1S/C15H22N2O/c1-4-15(8-5-9-15)17-14(18)12-6-7-13(16-3)11(2)10-12/h6-7,10,16H,4-5,8-9H2,1-3H3,(H,17,18). The summed E-state index contributed by atoms with van der Waals surface area (Å²) in [5, 5.41) is 6.31. The van der Waals surface area contributed by atoms with Crippen molar-refractivity contribution in [2.45, 2.75) is 45.1 Å². The van der Waals surface area contributed by atoms with Crippen LogP contribution >= 0.6 is 0 Å². The van der Waals surface area contributed by atoms with Gasteiger partial charge < -0.3 is 10.6 Å². The molecular formula is C15H22N2O. The summed E-state index contributed by atoms with van der Waals surface area (Å²) in [6.07, 6.45) is 4.48. The van der Waals surface area contributed by atoms with Crippen LogP contribution in [0.15, 0.2) is 18.2 Å². The molecule has 0 spiro atoms. The lowest BCUT2D eigenvalue weighted by Gasteiger charge is -2.42. The molecular weight excluding hydrogens is 224 g/mol. The third kappa shape index (κ3) is 2.35. The van der Waals surface area contributed by atoms with E-state index in [9.17, 15) is 4.79 Å². The molecule has 0 unspecified atom stereocenters. The highest BCUT2D eigenvalue weighted by molar-refractivity contribution is 5.95. The van der Waals surface area contributed by atoms with Gasteiger partial charge >= 0.3 is 0 Å². The molecule has 0 aromatic heterocycles. The van der Waals surface area contributed by atoms with E-state index in [1.54, 1.807) is 0 Å². The maximum atomic E-state index is 12.2. The minimum Gasteiger partial charge on any atom is -0.388 e. The Bertz CT molecular complexity index is 444.